The van der Waals surface area contributed by atoms with Crippen molar-refractivity contribution in [3.8, 4) is 5.75 Å². The molecule has 0 aliphatic carbocycles. The molecule has 0 amide bonds. The van der Waals surface area contributed by atoms with Crippen LogP contribution in [0.3, 0.4) is 0 Å². The molecule has 0 aliphatic rings. The van der Waals surface area contributed by atoms with E-state index in [9.17, 15) is 0 Å². The van der Waals surface area contributed by atoms with Gasteiger partial charge in [-0.15, -0.1) is 0 Å². The minimum atomic E-state index is -0.585. The molecule has 2 heteroatoms. The number of unbranched alkanes of at least 4 members (excludes halogenated alkanes) is 2. The number of allylic oxidation sites excluding steroid dienone is 1. The van der Waals surface area contributed by atoms with Gasteiger partial charge in [0, 0.05) is 12.8 Å². The fraction of sp³-hybridized carbons (Fsp3) is 0.579. The van der Waals surface area contributed by atoms with Crippen molar-refractivity contribution in [2.24, 2.45) is 5.92 Å². The van der Waals surface area contributed by atoms with Crippen LogP contribution in [0.25, 0.3) is 5.57 Å². The molecule has 0 fully saturated rings. The molecule has 0 aliphatic heterocycles. The van der Waals surface area contributed by atoms with Gasteiger partial charge in [0.2, 0.25) is 5.79 Å². The quantitative estimate of drug-likeness (QED) is 0.430. The molecule has 1 atom stereocenters. The van der Waals surface area contributed by atoms with Crippen LogP contribution in [0.4, 0.5) is 0 Å². The van der Waals surface area contributed by atoms with Gasteiger partial charge in [-0.25, -0.2) is 0 Å². The summed E-state index contributed by atoms with van der Waals surface area (Å²) in [5.74, 6) is 0.532. The Hall–Kier alpha value is -1.28. The molecule has 0 heterocycles. The number of rotatable bonds is 9. The minimum Gasteiger partial charge on any atom is -0.462 e. The Labute approximate surface area is 130 Å². The lowest BCUT2D eigenvalue weighted by Crippen LogP contribution is -2.41. The second kappa shape index (κ2) is 8.23. The summed E-state index contributed by atoms with van der Waals surface area (Å²) >= 11 is 0. The summed E-state index contributed by atoms with van der Waals surface area (Å²) in [6, 6.07) is 8.05. The highest BCUT2D eigenvalue weighted by molar-refractivity contribution is 5.61. The highest BCUT2D eigenvalue weighted by Gasteiger charge is 2.31. The van der Waals surface area contributed by atoms with E-state index in [2.05, 4.69) is 27.4 Å². The molecule has 1 aromatic rings. The van der Waals surface area contributed by atoms with Crippen LogP contribution in [0, 0.1) is 5.92 Å². The second-order valence-electron chi connectivity index (χ2n) is 6.13. The normalized spacial score (nSPS) is 14.0. The van der Waals surface area contributed by atoms with Crippen LogP contribution in [0.15, 0.2) is 30.8 Å². The lowest BCUT2D eigenvalue weighted by molar-refractivity contribution is -0.198. The Morgan fingerprint density at radius 3 is 2.29 bits per heavy atom. The van der Waals surface area contributed by atoms with Crippen LogP contribution in [-0.2, 0) is 4.74 Å². The van der Waals surface area contributed by atoms with Crippen LogP contribution >= 0.6 is 0 Å². The molecule has 0 spiro atoms. The number of ether oxygens (including phenoxy) is 2. The van der Waals surface area contributed by atoms with Crippen LogP contribution in [0.5, 0.6) is 5.75 Å². The Balaban J connectivity index is 2.70. The molecule has 0 saturated heterocycles. The monoisotopic (exact) mass is 290 g/mol. The van der Waals surface area contributed by atoms with E-state index in [1.807, 2.05) is 38.1 Å². The maximum absolute atomic E-state index is 6.13. The third-order valence-electron chi connectivity index (χ3n) is 3.85. The van der Waals surface area contributed by atoms with E-state index in [0.717, 1.165) is 29.9 Å². The van der Waals surface area contributed by atoms with Gasteiger partial charge in [-0.2, -0.15) is 0 Å². The maximum atomic E-state index is 6.13. The van der Waals surface area contributed by atoms with E-state index in [0.29, 0.717) is 0 Å². The predicted molar refractivity (Wildman–Crippen MR) is 90.5 cm³/mol. The average Bonchev–Trinajstić information content (AvgIpc) is 2.44. The summed E-state index contributed by atoms with van der Waals surface area (Å²) in [6.07, 6.45) is 3.48. The van der Waals surface area contributed by atoms with Crippen molar-refractivity contribution in [3.05, 3.63) is 36.4 Å². The standard InChI is InChI=1S/C19H30O2/c1-7-8-9-14-20-19(6,16(4)5)21-18-12-10-17(11-13-18)15(2)3/h10-13,16H,2,7-9,14H2,1,3-6H3. The van der Waals surface area contributed by atoms with Gasteiger partial charge in [-0.3, -0.25) is 0 Å². The van der Waals surface area contributed by atoms with Crippen molar-refractivity contribution >= 4 is 5.57 Å². The second-order valence-corrected chi connectivity index (χ2v) is 6.13. The van der Waals surface area contributed by atoms with Crippen molar-refractivity contribution < 1.29 is 9.47 Å². The van der Waals surface area contributed by atoms with E-state index >= 15 is 0 Å². The maximum Gasteiger partial charge on any atom is 0.209 e. The fourth-order valence-electron chi connectivity index (χ4n) is 1.98. The first kappa shape index (κ1) is 17.8. The molecule has 0 radical (unpaired) electrons. The van der Waals surface area contributed by atoms with Gasteiger partial charge < -0.3 is 9.47 Å². The molecule has 0 N–H and O–H groups in total. The van der Waals surface area contributed by atoms with Gasteiger partial charge in [-0.05, 0) is 31.0 Å². The molecule has 21 heavy (non-hydrogen) atoms. The highest BCUT2D eigenvalue weighted by atomic mass is 16.7. The lowest BCUT2D eigenvalue weighted by atomic mass is 10.0. The molecule has 0 bridgehead atoms. The summed E-state index contributed by atoms with van der Waals surface area (Å²) in [6.45, 7) is 15.2. The zero-order valence-electron chi connectivity index (χ0n) is 14.2. The summed E-state index contributed by atoms with van der Waals surface area (Å²) < 4.78 is 12.2. The van der Waals surface area contributed by atoms with Gasteiger partial charge in [0.05, 0.1) is 6.61 Å². The van der Waals surface area contributed by atoms with Gasteiger partial charge in [0.1, 0.15) is 5.75 Å². The van der Waals surface area contributed by atoms with Crippen LogP contribution in [0.2, 0.25) is 0 Å². The predicted octanol–water partition coefficient (Wildman–Crippen LogP) is 5.68. The average molecular weight is 290 g/mol. The first-order valence-corrected chi connectivity index (χ1v) is 7.98. The topological polar surface area (TPSA) is 18.5 Å². The minimum absolute atomic E-state index is 0.278. The van der Waals surface area contributed by atoms with Crippen LogP contribution < -0.4 is 4.74 Å². The van der Waals surface area contributed by atoms with Crippen molar-refractivity contribution in [3.63, 3.8) is 0 Å². The Morgan fingerprint density at radius 2 is 1.81 bits per heavy atom. The van der Waals surface area contributed by atoms with E-state index in [-0.39, 0.29) is 5.92 Å². The van der Waals surface area contributed by atoms with Gasteiger partial charge in [0.15, 0.2) is 0 Å². The van der Waals surface area contributed by atoms with Crippen molar-refractivity contribution in [1.82, 2.24) is 0 Å². The van der Waals surface area contributed by atoms with Gasteiger partial charge in [0.25, 0.3) is 0 Å². The zero-order valence-corrected chi connectivity index (χ0v) is 14.2. The molecule has 118 valence electrons. The zero-order chi connectivity index (χ0) is 15.9. The summed E-state index contributed by atoms with van der Waals surface area (Å²) in [7, 11) is 0. The van der Waals surface area contributed by atoms with Crippen molar-refractivity contribution in [1.29, 1.82) is 0 Å². The van der Waals surface area contributed by atoms with E-state index in [4.69, 9.17) is 9.47 Å². The van der Waals surface area contributed by atoms with Gasteiger partial charge in [-0.1, -0.05) is 57.9 Å². The highest BCUT2D eigenvalue weighted by Crippen LogP contribution is 2.27. The van der Waals surface area contributed by atoms with Crippen molar-refractivity contribution in [2.75, 3.05) is 6.61 Å². The molecular weight excluding hydrogens is 260 g/mol. The van der Waals surface area contributed by atoms with E-state index in [1.165, 1.54) is 12.8 Å². The summed E-state index contributed by atoms with van der Waals surface area (Å²) in [5.41, 5.74) is 2.20. The van der Waals surface area contributed by atoms with Crippen molar-refractivity contribution in [2.45, 2.75) is 59.7 Å². The lowest BCUT2D eigenvalue weighted by Gasteiger charge is -2.34. The summed E-state index contributed by atoms with van der Waals surface area (Å²) in [4.78, 5) is 0. The molecule has 1 rings (SSSR count). The third-order valence-corrected chi connectivity index (χ3v) is 3.85. The Morgan fingerprint density at radius 1 is 1.19 bits per heavy atom. The molecule has 0 saturated carbocycles. The first-order chi connectivity index (χ1) is 9.89. The van der Waals surface area contributed by atoms with Gasteiger partial charge >= 0.3 is 0 Å². The Bertz CT molecular complexity index is 433. The molecule has 0 aromatic heterocycles. The van der Waals surface area contributed by atoms with E-state index in [1.54, 1.807) is 0 Å². The molecular formula is C19H30O2. The molecule has 1 aromatic carbocycles. The third kappa shape index (κ3) is 5.55. The SMILES string of the molecule is C=C(C)c1ccc(OC(C)(OCCCCC)C(C)C)cc1. The summed E-state index contributed by atoms with van der Waals surface area (Å²) in [5, 5.41) is 0. The van der Waals surface area contributed by atoms with Crippen LogP contribution in [0.1, 0.15) is 59.4 Å². The first-order valence-electron chi connectivity index (χ1n) is 7.98. The number of benzene rings is 1. The largest absolute Gasteiger partial charge is 0.462 e. The number of hydrogen-bond donors (Lipinski definition) is 0. The van der Waals surface area contributed by atoms with E-state index < -0.39 is 5.79 Å². The number of hydrogen-bond acceptors (Lipinski definition) is 2. The smallest absolute Gasteiger partial charge is 0.209 e. The Kier molecular flexibility index (Phi) is 6.97. The van der Waals surface area contributed by atoms with Crippen LogP contribution in [-0.4, -0.2) is 12.4 Å². The molecule has 1 unspecified atom stereocenters. The molecule has 2 nitrogen and oxygen atoms in total. The fourth-order valence-corrected chi connectivity index (χ4v) is 1.98.